The molecule has 2 heteroatoms. The van der Waals surface area contributed by atoms with E-state index in [1.54, 1.807) is 0 Å². The summed E-state index contributed by atoms with van der Waals surface area (Å²) in [6.45, 7) is 2.12. The van der Waals surface area contributed by atoms with Crippen molar-refractivity contribution in [3.8, 4) is 0 Å². The highest BCUT2D eigenvalue weighted by molar-refractivity contribution is 9.09. The summed E-state index contributed by atoms with van der Waals surface area (Å²) in [5, 5.41) is 2.60. The highest BCUT2D eigenvalue weighted by atomic mass is 79.9. The van der Waals surface area contributed by atoms with E-state index in [4.69, 9.17) is 0 Å². The molecule has 0 spiro atoms. The average Bonchev–Trinajstić information content (AvgIpc) is 2.27. The molecular weight excluding hydrogens is 250 g/mol. The summed E-state index contributed by atoms with van der Waals surface area (Å²) in [6.07, 6.45) is 0. The summed E-state index contributed by atoms with van der Waals surface area (Å²) >= 11 is 3.45. The van der Waals surface area contributed by atoms with Crippen LogP contribution in [0, 0.1) is 6.92 Å². The van der Waals surface area contributed by atoms with Crippen molar-refractivity contribution in [3.63, 3.8) is 0 Å². The van der Waals surface area contributed by atoms with Crippen molar-refractivity contribution in [2.75, 3.05) is 17.4 Å². The number of hydrogen-bond acceptors (Lipinski definition) is 1. The Hall–Kier alpha value is -1.02. The molecule has 2 aromatic carbocycles. The molecule has 2 aromatic rings. The van der Waals surface area contributed by atoms with Gasteiger partial charge in [0.25, 0.3) is 0 Å². The number of hydrogen-bond donors (Lipinski definition) is 0. The number of rotatable bonds is 2. The second-order valence-electron chi connectivity index (χ2n) is 3.85. The van der Waals surface area contributed by atoms with Crippen LogP contribution >= 0.6 is 15.9 Å². The summed E-state index contributed by atoms with van der Waals surface area (Å²) < 4.78 is 0. The Morgan fingerprint density at radius 1 is 1.07 bits per heavy atom. The Morgan fingerprint density at radius 3 is 2.47 bits per heavy atom. The molecule has 0 fully saturated rings. The number of fused-ring (bicyclic) bond motifs is 1. The third kappa shape index (κ3) is 2.15. The highest BCUT2D eigenvalue weighted by Crippen LogP contribution is 2.22. The lowest BCUT2D eigenvalue weighted by molar-refractivity contribution is 1.11. The van der Waals surface area contributed by atoms with Crippen LogP contribution in [0.4, 0.5) is 5.69 Å². The monoisotopic (exact) mass is 263 g/mol. The summed E-state index contributed by atoms with van der Waals surface area (Å²) in [7, 11) is 2.07. The molecule has 0 heterocycles. The molecule has 0 aliphatic rings. The molecule has 0 amide bonds. The maximum Gasteiger partial charge on any atom is 0.0732 e. The van der Waals surface area contributed by atoms with Crippen molar-refractivity contribution in [3.05, 3.63) is 42.0 Å². The smallest absolute Gasteiger partial charge is 0.0732 e. The SMILES string of the molecule is Cc1ccc2cc(N(C)CBr)ccc2c1. The maximum atomic E-state index is 3.45. The van der Waals surface area contributed by atoms with Crippen molar-refractivity contribution >= 4 is 32.4 Å². The van der Waals surface area contributed by atoms with Crippen molar-refractivity contribution < 1.29 is 0 Å². The number of aryl methyl sites for hydroxylation is 1. The zero-order valence-electron chi connectivity index (χ0n) is 9.00. The Morgan fingerprint density at radius 2 is 1.73 bits per heavy atom. The Kier molecular flexibility index (Phi) is 2.96. The van der Waals surface area contributed by atoms with Gasteiger partial charge in [0.2, 0.25) is 0 Å². The van der Waals surface area contributed by atoms with Crippen molar-refractivity contribution in [1.82, 2.24) is 0 Å². The predicted molar refractivity (Wildman–Crippen MR) is 70.9 cm³/mol. The van der Waals surface area contributed by atoms with Crippen molar-refractivity contribution in [1.29, 1.82) is 0 Å². The molecule has 0 atom stereocenters. The lowest BCUT2D eigenvalue weighted by Gasteiger charge is -2.16. The first kappa shape index (κ1) is 10.5. The zero-order chi connectivity index (χ0) is 10.8. The van der Waals surface area contributed by atoms with E-state index < -0.39 is 0 Å². The van der Waals surface area contributed by atoms with Gasteiger partial charge < -0.3 is 4.90 Å². The lowest BCUT2D eigenvalue weighted by atomic mass is 10.1. The number of benzene rings is 2. The van der Waals surface area contributed by atoms with Gasteiger partial charge in [-0.05, 0) is 29.8 Å². The first-order chi connectivity index (χ1) is 7.20. The Balaban J connectivity index is 2.52. The molecule has 0 N–H and O–H groups in total. The molecule has 78 valence electrons. The van der Waals surface area contributed by atoms with E-state index in [1.807, 2.05) is 0 Å². The summed E-state index contributed by atoms with van der Waals surface area (Å²) in [5.74, 6) is 0. The third-order valence-corrected chi connectivity index (χ3v) is 3.35. The minimum Gasteiger partial charge on any atom is -0.365 e. The molecule has 0 aliphatic heterocycles. The quantitative estimate of drug-likeness (QED) is 0.586. The molecule has 0 aliphatic carbocycles. The predicted octanol–water partition coefficient (Wildman–Crippen LogP) is 3.94. The fourth-order valence-electron chi connectivity index (χ4n) is 1.66. The van der Waals surface area contributed by atoms with E-state index in [2.05, 4.69) is 71.2 Å². The molecule has 0 unspecified atom stereocenters. The minimum atomic E-state index is 0.852. The van der Waals surface area contributed by atoms with Crippen molar-refractivity contribution in [2.24, 2.45) is 0 Å². The van der Waals surface area contributed by atoms with Gasteiger partial charge in [0, 0.05) is 12.7 Å². The molecule has 0 radical (unpaired) electrons. The third-order valence-electron chi connectivity index (χ3n) is 2.60. The van der Waals surface area contributed by atoms with Crippen LogP contribution in [0.5, 0.6) is 0 Å². The fourth-order valence-corrected chi connectivity index (χ4v) is 1.95. The van der Waals surface area contributed by atoms with Gasteiger partial charge >= 0.3 is 0 Å². The largest absolute Gasteiger partial charge is 0.365 e. The minimum absolute atomic E-state index is 0.852. The Labute approximate surface area is 98.8 Å². The van der Waals surface area contributed by atoms with Crippen LogP contribution in [0.3, 0.4) is 0 Å². The highest BCUT2D eigenvalue weighted by Gasteiger charge is 2.00. The van der Waals surface area contributed by atoms with Gasteiger partial charge in [-0.15, -0.1) is 0 Å². The lowest BCUT2D eigenvalue weighted by Crippen LogP contribution is -2.13. The molecule has 15 heavy (non-hydrogen) atoms. The van der Waals surface area contributed by atoms with Gasteiger partial charge in [-0.2, -0.15) is 0 Å². The number of alkyl halides is 1. The molecule has 0 aromatic heterocycles. The summed E-state index contributed by atoms with van der Waals surface area (Å²) in [6, 6.07) is 13.1. The first-order valence-corrected chi connectivity index (χ1v) is 6.10. The summed E-state index contributed by atoms with van der Waals surface area (Å²) in [5.41, 5.74) is 3.40. The zero-order valence-corrected chi connectivity index (χ0v) is 10.6. The van der Waals surface area contributed by atoms with E-state index in [0.29, 0.717) is 0 Å². The van der Waals surface area contributed by atoms with Crippen LogP contribution in [0.25, 0.3) is 10.8 Å². The maximum absolute atomic E-state index is 3.45. The van der Waals surface area contributed by atoms with E-state index >= 15 is 0 Å². The van der Waals surface area contributed by atoms with Gasteiger partial charge in [0.15, 0.2) is 0 Å². The number of nitrogens with zero attached hydrogens (tertiary/aromatic N) is 1. The Bertz CT molecular complexity index is 479. The topological polar surface area (TPSA) is 3.24 Å². The van der Waals surface area contributed by atoms with Gasteiger partial charge in [-0.3, -0.25) is 0 Å². The van der Waals surface area contributed by atoms with Gasteiger partial charge in [0.05, 0.1) is 5.45 Å². The van der Waals surface area contributed by atoms with Crippen molar-refractivity contribution in [2.45, 2.75) is 6.92 Å². The van der Waals surface area contributed by atoms with E-state index in [0.717, 1.165) is 5.45 Å². The van der Waals surface area contributed by atoms with Crippen LogP contribution in [0.15, 0.2) is 36.4 Å². The van der Waals surface area contributed by atoms with E-state index in [-0.39, 0.29) is 0 Å². The average molecular weight is 264 g/mol. The van der Waals surface area contributed by atoms with Gasteiger partial charge in [0.1, 0.15) is 0 Å². The molecule has 1 nitrogen and oxygen atoms in total. The molecule has 0 saturated heterocycles. The number of halogens is 1. The molecular formula is C13H14BrN. The second kappa shape index (κ2) is 4.23. The standard InChI is InChI=1S/C13H14BrN/c1-10-3-4-12-8-13(15(2)9-14)6-5-11(12)7-10/h3-8H,9H2,1-2H3. The van der Waals surface area contributed by atoms with Crippen LogP contribution in [0.2, 0.25) is 0 Å². The van der Waals surface area contributed by atoms with Gasteiger partial charge in [-0.1, -0.05) is 45.8 Å². The van der Waals surface area contributed by atoms with Crippen LogP contribution in [0.1, 0.15) is 5.56 Å². The van der Waals surface area contributed by atoms with Gasteiger partial charge in [-0.25, -0.2) is 0 Å². The fraction of sp³-hybridized carbons (Fsp3) is 0.231. The second-order valence-corrected chi connectivity index (χ2v) is 4.35. The van der Waals surface area contributed by atoms with Crippen LogP contribution in [-0.2, 0) is 0 Å². The number of anilines is 1. The van der Waals surface area contributed by atoms with E-state index in [9.17, 15) is 0 Å². The first-order valence-electron chi connectivity index (χ1n) is 4.98. The molecule has 2 rings (SSSR count). The van der Waals surface area contributed by atoms with Crippen LogP contribution < -0.4 is 4.90 Å². The summed E-state index contributed by atoms with van der Waals surface area (Å²) in [4.78, 5) is 2.17. The van der Waals surface area contributed by atoms with E-state index in [1.165, 1.54) is 22.0 Å². The normalized spacial score (nSPS) is 10.6. The van der Waals surface area contributed by atoms with Crippen LogP contribution in [-0.4, -0.2) is 12.5 Å². The molecule has 0 saturated carbocycles. The molecule has 0 bridgehead atoms.